The minimum Gasteiger partial charge on any atom is -0.329 e. The smallest absolute Gasteiger partial charge is 0.212 e. The SMILES string of the molecule is CC(C)CS(=O)(=O)NC1(CN)CC1. The third-order valence-electron chi connectivity index (χ3n) is 2.17. The quantitative estimate of drug-likeness (QED) is 0.668. The number of sulfonamides is 1. The summed E-state index contributed by atoms with van der Waals surface area (Å²) in [4.78, 5) is 0. The molecule has 0 aromatic rings. The monoisotopic (exact) mass is 206 g/mol. The third kappa shape index (κ3) is 3.25. The summed E-state index contributed by atoms with van der Waals surface area (Å²) in [6.07, 6.45) is 1.75. The van der Waals surface area contributed by atoms with E-state index in [-0.39, 0.29) is 17.2 Å². The van der Waals surface area contributed by atoms with E-state index in [1.54, 1.807) is 0 Å². The Morgan fingerprint density at radius 3 is 2.31 bits per heavy atom. The first-order valence-electron chi connectivity index (χ1n) is 4.61. The molecule has 0 bridgehead atoms. The number of nitrogens with one attached hydrogen (secondary N) is 1. The second-order valence-corrected chi connectivity index (χ2v) is 6.03. The van der Waals surface area contributed by atoms with Crippen LogP contribution in [0.4, 0.5) is 0 Å². The summed E-state index contributed by atoms with van der Waals surface area (Å²) >= 11 is 0. The molecule has 0 amide bonds. The Morgan fingerprint density at radius 2 is 2.00 bits per heavy atom. The van der Waals surface area contributed by atoms with Gasteiger partial charge < -0.3 is 5.73 Å². The molecular weight excluding hydrogens is 188 g/mol. The molecule has 78 valence electrons. The standard InChI is InChI=1S/C8H18N2O2S/c1-7(2)5-13(11,12)10-8(6-9)3-4-8/h7,10H,3-6,9H2,1-2H3. The molecule has 0 unspecified atom stereocenters. The van der Waals surface area contributed by atoms with E-state index in [9.17, 15) is 8.42 Å². The van der Waals surface area contributed by atoms with Gasteiger partial charge in [-0.05, 0) is 18.8 Å². The van der Waals surface area contributed by atoms with Crippen molar-refractivity contribution in [2.75, 3.05) is 12.3 Å². The second kappa shape index (κ2) is 3.55. The topological polar surface area (TPSA) is 72.2 Å². The predicted molar refractivity (Wildman–Crippen MR) is 52.8 cm³/mol. The molecule has 5 heteroatoms. The lowest BCUT2D eigenvalue weighted by Gasteiger charge is -2.15. The average Bonchev–Trinajstić information content (AvgIpc) is 2.65. The first kappa shape index (κ1) is 10.9. The molecule has 1 rings (SSSR count). The van der Waals surface area contributed by atoms with Crippen molar-refractivity contribution in [3.8, 4) is 0 Å². The highest BCUT2D eigenvalue weighted by Crippen LogP contribution is 2.34. The van der Waals surface area contributed by atoms with E-state index < -0.39 is 10.0 Å². The maximum Gasteiger partial charge on any atom is 0.212 e. The van der Waals surface area contributed by atoms with Crippen molar-refractivity contribution in [3.63, 3.8) is 0 Å². The van der Waals surface area contributed by atoms with Crippen LogP contribution in [0, 0.1) is 5.92 Å². The molecule has 4 nitrogen and oxygen atoms in total. The fraction of sp³-hybridized carbons (Fsp3) is 1.00. The molecule has 0 aromatic heterocycles. The van der Waals surface area contributed by atoms with Crippen molar-refractivity contribution in [1.29, 1.82) is 0 Å². The minimum atomic E-state index is -3.12. The Hall–Kier alpha value is -0.130. The number of hydrogen-bond acceptors (Lipinski definition) is 3. The molecule has 0 spiro atoms. The molecule has 13 heavy (non-hydrogen) atoms. The molecule has 0 aromatic carbocycles. The average molecular weight is 206 g/mol. The van der Waals surface area contributed by atoms with Gasteiger partial charge in [-0.15, -0.1) is 0 Å². The predicted octanol–water partition coefficient (Wildman–Crippen LogP) is 0.0531. The zero-order valence-corrected chi connectivity index (χ0v) is 9.02. The highest BCUT2D eigenvalue weighted by Gasteiger charge is 2.44. The summed E-state index contributed by atoms with van der Waals surface area (Å²) in [5.74, 6) is 0.348. The van der Waals surface area contributed by atoms with Crippen LogP contribution in [0.2, 0.25) is 0 Å². The van der Waals surface area contributed by atoms with Gasteiger partial charge in [-0.25, -0.2) is 13.1 Å². The van der Waals surface area contributed by atoms with Crippen LogP contribution in [-0.4, -0.2) is 26.3 Å². The molecule has 1 saturated carbocycles. The van der Waals surface area contributed by atoms with Crippen molar-refractivity contribution in [3.05, 3.63) is 0 Å². The van der Waals surface area contributed by atoms with Crippen LogP contribution >= 0.6 is 0 Å². The Balaban J connectivity index is 2.52. The third-order valence-corrected chi connectivity index (χ3v) is 4.02. The van der Waals surface area contributed by atoms with E-state index in [2.05, 4.69) is 4.72 Å². The van der Waals surface area contributed by atoms with E-state index in [0.29, 0.717) is 6.54 Å². The molecule has 0 atom stereocenters. The molecule has 0 radical (unpaired) electrons. The second-order valence-electron chi connectivity index (χ2n) is 4.26. The highest BCUT2D eigenvalue weighted by atomic mass is 32.2. The van der Waals surface area contributed by atoms with Crippen LogP contribution < -0.4 is 10.5 Å². The summed E-state index contributed by atoms with van der Waals surface area (Å²) in [5.41, 5.74) is 5.18. The maximum absolute atomic E-state index is 11.5. The van der Waals surface area contributed by atoms with Gasteiger partial charge in [0.2, 0.25) is 10.0 Å². The zero-order valence-electron chi connectivity index (χ0n) is 8.21. The van der Waals surface area contributed by atoms with Gasteiger partial charge >= 0.3 is 0 Å². The Morgan fingerprint density at radius 1 is 1.46 bits per heavy atom. The van der Waals surface area contributed by atoms with Crippen molar-refractivity contribution in [1.82, 2.24) is 4.72 Å². The molecule has 0 aliphatic heterocycles. The first-order chi connectivity index (χ1) is 5.89. The molecular formula is C8H18N2O2S. The van der Waals surface area contributed by atoms with Crippen molar-refractivity contribution in [2.45, 2.75) is 32.2 Å². The van der Waals surface area contributed by atoms with E-state index in [0.717, 1.165) is 12.8 Å². The van der Waals surface area contributed by atoms with Gasteiger partial charge in [-0.3, -0.25) is 0 Å². The van der Waals surface area contributed by atoms with Crippen molar-refractivity contribution in [2.24, 2.45) is 11.7 Å². The Bertz CT molecular complexity index is 268. The van der Waals surface area contributed by atoms with Crippen LogP contribution in [0.15, 0.2) is 0 Å². The molecule has 1 aliphatic rings. The number of rotatable bonds is 5. The molecule has 0 saturated heterocycles. The van der Waals surface area contributed by atoms with Crippen LogP contribution in [0.1, 0.15) is 26.7 Å². The summed E-state index contributed by atoms with van der Waals surface area (Å²) < 4.78 is 25.6. The van der Waals surface area contributed by atoms with Crippen LogP contribution in [0.5, 0.6) is 0 Å². The molecule has 1 fully saturated rings. The first-order valence-corrected chi connectivity index (χ1v) is 6.26. The number of hydrogen-bond donors (Lipinski definition) is 2. The lowest BCUT2D eigenvalue weighted by atomic mass is 10.3. The molecule has 0 heterocycles. The van der Waals surface area contributed by atoms with Gasteiger partial charge in [0.1, 0.15) is 0 Å². The Labute approximate surface area is 79.9 Å². The van der Waals surface area contributed by atoms with Crippen LogP contribution in [0.3, 0.4) is 0 Å². The van der Waals surface area contributed by atoms with E-state index >= 15 is 0 Å². The van der Waals surface area contributed by atoms with Crippen LogP contribution in [-0.2, 0) is 10.0 Å². The highest BCUT2D eigenvalue weighted by molar-refractivity contribution is 7.89. The van der Waals surface area contributed by atoms with E-state index in [4.69, 9.17) is 5.73 Å². The fourth-order valence-electron chi connectivity index (χ4n) is 1.31. The zero-order chi connectivity index (χ0) is 10.1. The maximum atomic E-state index is 11.5. The van der Waals surface area contributed by atoms with Crippen molar-refractivity contribution < 1.29 is 8.42 Å². The summed E-state index contributed by atoms with van der Waals surface area (Å²) in [6, 6.07) is 0. The van der Waals surface area contributed by atoms with Gasteiger partial charge in [0.25, 0.3) is 0 Å². The molecule has 3 N–H and O–H groups in total. The van der Waals surface area contributed by atoms with Crippen molar-refractivity contribution >= 4 is 10.0 Å². The normalized spacial score (nSPS) is 20.6. The lowest BCUT2D eigenvalue weighted by Crippen LogP contribution is -2.43. The van der Waals surface area contributed by atoms with Gasteiger partial charge in [-0.2, -0.15) is 0 Å². The fourth-order valence-corrected chi connectivity index (χ4v) is 3.22. The van der Waals surface area contributed by atoms with E-state index in [1.165, 1.54) is 0 Å². The van der Waals surface area contributed by atoms with Gasteiger partial charge in [0.05, 0.1) is 5.75 Å². The van der Waals surface area contributed by atoms with Gasteiger partial charge in [0.15, 0.2) is 0 Å². The summed E-state index contributed by atoms with van der Waals surface area (Å²) in [7, 11) is -3.12. The molecule has 1 aliphatic carbocycles. The Kier molecular flexibility index (Phi) is 2.99. The largest absolute Gasteiger partial charge is 0.329 e. The lowest BCUT2D eigenvalue weighted by molar-refractivity contribution is 0.535. The summed E-state index contributed by atoms with van der Waals surface area (Å²) in [5, 5.41) is 0. The van der Waals surface area contributed by atoms with Gasteiger partial charge in [0, 0.05) is 12.1 Å². The van der Waals surface area contributed by atoms with Crippen LogP contribution in [0.25, 0.3) is 0 Å². The minimum absolute atomic E-state index is 0.158. The van der Waals surface area contributed by atoms with E-state index in [1.807, 2.05) is 13.8 Å². The number of nitrogens with two attached hydrogens (primary N) is 1. The summed E-state index contributed by atoms with van der Waals surface area (Å²) in [6.45, 7) is 4.19. The van der Waals surface area contributed by atoms with Gasteiger partial charge in [-0.1, -0.05) is 13.8 Å².